The first kappa shape index (κ1) is 27.3. The van der Waals surface area contributed by atoms with Crippen LogP contribution in [-0.4, -0.2) is 20.4 Å². The van der Waals surface area contributed by atoms with Crippen LogP contribution in [0.2, 0.25) is 5.02 Å². The largest absolute Gasteiger partial charge is 0.480 e. The van der Waals surface area contributed by atoms with Crippen LogP contribution in [0.4, 0.5) is 24.5 Å². The molecule has 0 radical (unpaired) electrons. The van der Waals surface area contributed by atoms with Gasteiger partial charge < -0.3 is 10.1 Å². The lowest BCUT2D eigenvalue weighted by atomic mass is 10.1. The van der Waals surface area contributed by atoms with Crippen molar-refractivity contribution in [3.63, 3.8) is 0 Å². The molecule has 0 fully saturated rings. The number of sulfonamides is 1. The molecule has 0 bridgehead atoms. The Balaban J connectivity index is 1.71. The van der Waals surface area contributed by atoms with Gasteiger partial charge in [-0.1, -0.05) is 30.7 Å². The number of hydrogen-bond acceptors (Lipinski definition) is 4. The number of halogens is 4. The van der Waals surface area contributed by atoms with Crippen molar-refractivity contribution < 1.29 is 31.1 Å². The van der Waals surface area contributed by atoms with Gasteiger partial charge in [0.25, 0.3) is 15.9 Å². The van der Waals surface area contributed by atoms with Gasteiger partial charge in [-0.25, -0.2) is 8.42 Å². The smallest absolute Gasteiger partial charge is 0.417 e. The Bertz CT molecular complexity index is 1360. The van der Waals surface area contributed by atoms with Crippen LogP contribution in [0.15, 0.2) is 65.6 Å². The van der Waals surface area contributed by atoms with E-state index in [0.29, 0.717) is 23.9 Å². The number of alkyl halides is 3. The molecule has 2 N–H and O–H groups in total. The Morgan fingerprint density at radius 1 is 1.03 bits per heavy atom. The van der Waals surface area contributed by atoms with Crippen LogP contribution in [-0.2, 0) is 21.0 Å². The maximum Gasteiger partial charge on any atom is 0.417 e. The lowest BCUT2D eigenvalue weighted by molar-refractivity contribution is -0.137. The van der Waals surface area contributed by atoms with E-state index in [-0.39, 0.29) is 10.6 Å². The van der Waals surface area contributed by atoms with Crippen molar-refractivity contribution in [2.24, 2.45) is 0 Å². The monoisotopic (exact) mass is 540 g/mol. The number of rotatable bonds is 8. The minimum atomic E-state index is -4.74. The Kier molecular flexibility index (Phi) is 8.20. The summed E-state index contributed by atoms with van der Waals surface area (Å²) in [6.45, 7) is 5.64. The van der Waals surface area contributed by atoms with E-state index in [0.717, 1.165) is 23.3 Å². The molecule has 11 heteroatoms. The second kappa shape index (κ2) is 10.8. The highest BCUT2D eigenvalue weighted by Gasteiger charge is 2.33. The Hall–Kier alpha value is -3.24. The Morgan fingerprint density at radius 3 is 2.28 bits per heavy atom. The molecule has 192 valence electrons. The summed E-state index contributed by atoms with van der Waals surface area (Å²) in [5.74, 6) is 0.188. The molecule has 3 rings (SSSR count). The van der Waals surface area contributed by atoms with Crippen LogP contribution in [0.1, 0.15) is 30.0 Å². The summed E-state index contributed by atoms with van der Waals surface area (Å²) in [6.07, 6.45) is -5.11. The van der Waals surface area contributed by atoms with Crippen LogP contribution in [0.3, 0.4) is 0 Å². The van der Waals surface area contributed by atoms with Gasteiger partial charge in [-0.05, 0) is 79.9 Å². The van der Waals surface area contributed by atoms with Crippen LogP contribution in [0.5, 0.6) is 5.75 Å². The zero-order chi connectivity index (χ0) is 26.7. The van der Waals surface area contributed by atoms with Gasteiger partial charge in [0.15, 0.2) is 6.10 Å². The lowest BCUT2D eigenvalue weighted by Gasteiger charge is -2.19. The van der Waals surface area contributed by atoms with Gasteiger partial charge in [-0.2, -0.15) is 13.2 Å². The van der Waals surface area contributed by atoms with E-state index >= 15 is 0 Å². The second-order valence-electron chi connectivity index (χ2n) is 8.02. The van der Waals surface area contributed by atoms with E-state index in [4.69, 9.17) is 16.3 Å². The normalized spacial score (nSPS) is 12.6. The summed E-state index contributed by atoms with van der Waals surface area (Å²) in [7, 11) is -4.20. The number of nitrogens with one attached hydrogen (secondary N) is 2. The standard InChI is InChI=1S/C25H24ClF3N2O4S/c1-4-22(35-23-7-5-6-15(2)16(23)3)24(32)30-17-8-11-19(12-9-17)36(33,34)31-18-10-13-21(26)20(14-18)25(27,28)29/h5-14,22,31H,4H2,1-3H3,(H,30,32)/t22-/m1/s1. The third kappa shape index (κ3) is 6.50. The van der Waals surface area contributed by atoms with Crippen molar-refractivity contribution in [3.05, 3.63) is 82.4 Å². The number of anilines is 2. The van der Waals surface area contributed by atoms with E-state index in [1.807, 2.05) is 26.0 Å². The van der Waals surface area contributed by atoms with Crippen LogP contribution < -0.4 is 14.8 Å². The molecule has 0 aliphatic rings. The number of amides is 1. The van der Waals surface area contributed by atoms with Gasteiger partial charge in [0, 0.05) is 11.4 Å². The average Bonchev–Trinajstić information content (AvgIpc) is 2.80. The molecular weight excluding hydrogens is 517 g/mol. The van der Waals surface area contributed by atoms with Crippen molar-refractivity contribution in [1.82, 2.24) is 0 Å². The Morgan fingerprint density at radius 2 is 1.67 bits per heavy atom. The molecule has 0 spiro atoms. The van der Waals surface area contributed by atoms with Crippen LogP contribution >= 0.6 is 11.6 Å². The number of benzene rings is 3. The summed E-state index contributed by atoms with van der Waals surface area (Å²) in [4.78, 5) is 12.5. The highest BCUT2D eigenvalue weighted by atomic mass is 35.5. The molecule has 3 aromatic carbocycles. The molecule has 0 saturated carbocycles. The first-order valence-electron chi connectivity index (χ1n) is 10.8. The number of carbonyl (C=O) groups is 1. The zero-order valence-electron chi connectivity index (χ0n) is 19.6. The quantitative estimate of drug-likeness (QED) is 0.338. The molecule has 0 aliphatic carbocycles. The lowest BCUT2D eigenvalue weighted by Crippen LogP contribution is -2.32. The highest BCUT2D eigenvalue weighted by molar-refractivity contribution is 7.92. The van der Waals surface area contributed by atoms with Crippen molar-refractivity contribution in [3.8, 4) is 5.75 Å². The number of ether oxygens (including phenoxy) is 1. The fourth-order valence-electron chi connectivity index (χ4n) is 3.29. The molecule has 1 atom stereocenters. The molecule has 6 nitrogen and oxygen atoms in total. The summed E-state index contributed by atoms with van der Waals surface area (Å²) in [5.41, 5.74) is 0.831. The van der Waals surface area contributed by atoms with Gasteiger partial charge in [-0.3, -0.25) is 9.52 Å². The number of aryl methyl sites for hydroxylation is 1. The summed E-state index contributed by atoms with van der Waals surface area (Å²) in [6, 6.07) is 13.5. The van der Waals surface area contributed by atoms with Crippen LogP contribution in [0, 0.1) is 13.8 Å². The summed E-state index contributed by atoms with van der Waals surface area (Å²) in [5, 5.41) is 2.14. The molecule has 0 aliphatic heterocycles. The zero-order valence-corrected chi connectivity index (χ0v) is 21.2. The van der Waals surface area contributed by atoms with Gasteiger partial charge in [0.2, 0.25) is 0 Å². The first-order valence-corrected chi connectivity index (χ1v) is 12.7. The summed E-state index contributed by atoms with van der Waals surface area (Å²) >= 11 is 5.58. The minimum Gasteiger partial charge on any atom is -0.480 e. The molecule has 0 unspecified atom stereocenters. The van der Waals surface area contributed by atoms with E-state index in [1.54, 1.807) is 13.0 Å². The number of hydrogen-bond donors (Lipinski definition) is 2. The predicted molar refractivity (Wildman–Crippen MR) is 133 cm³/mol. The topological polar surface area (TPSA) is 84.5 Å². The van der Waals surface area contributed by atoms with Gasteiger partial charge in [0.1, 0.15) is 5.75 Å². The fourth-order valence-corrected chi connectivity index (χ4v) is 4.56. The highest BCUT2D eigenvalue weighted by Crippen LogP contribution is 2.36. The SMILES string of the molecule is CC[C@@H](Oc1cccc(C)c1C)C(=O)Nc1ccc(S(=O)(=O)Nc2ccc(Cl)c(C(F)(F)F)c2)cc1. The number of carbonyl (C=O) groups excluding carboxylic acids is 1. The van der Waals surface area contributed by atoms with E-state index < -0.39 is 38.8 Å². The van der Waals surface area contributed by atoms with Gasteiger partial charge in [0.05, 0.1) is 15.5 Å². The van der Waals surface area contributed by atoms with Crippen LogP contribution in [0.25, 0.3) is 0 Å². The molecule has 0 saturated heterocycles. The molecule has 36 heavy (non-hydrogen) atoms. The second-order valence-corrected chi connectivity index (χ2v) is 10.1. The predicted octanol–water partition coefficient (Wildman–Crippen LogP) is 6.57. The van der Waals surface area contributed by atoms with E-state index in [9.17, 15) is 26.4 Å². The van der Waals surface area contributed by atoms with E-state index in [2.05, 4.69) is 10.0 Å². The first-order chi connectivity index (χ1) is 16.8. The van der Waals surface area contributed by atoms with Crippen molar-refractivity contribution >= 4 is 38.9 Å². The molecule has 0 aromatic heterocycles. The van der Waals surface area contributed by atoms with E-state index in [1.165, 1.54) is 24.3 Å². The minimum absolute atomic E-state index is 0.206. The fraction of sp³-hybridized carbons (Fsp3) is 0.240. The maximum absolute atomic E-state index is 13.1. The third-order valence-electron chi connectivity index (χ3n) is 5.44. The van der Waals surface area contributed by atoms with Crippen molar-refractivity contribution in [1.29, 1.82) is 0 Å². The molecular formula is C25H24ClF3N2O4S. The average molecular weight is 541 g/mol. The van der Waals surface area contributed by atoms with Gasteiger partial charge in [-0.15, -0.1) is 0 Å². The molecule has 3 aromatic rings. The maximum atomic E-state index is 13.1. The summed E-state index contributed by atoms with van der Waals surface area (Å²) < 4.78 is 72.5. The van der Waals surface area contributed by atoms with Crippen molar-refractivity contribution in [2.75, 3.05) is 10.0 Å². The van der Waals surface area contributed by atoms with Gasteiger partial charge >= 0.3 is 6.18 Å². The molecule has 0 heterocycles. The molecule has 1 amide bonds. The van der Waals surface area contributed by atoms with Crippen molar-refractivity contribution in [2.45, 2.75) is 44.4 Å². The Labute approximate surface area is 212 Å². The third-order valence-corrected chi connectivity index (χ3v) is 7.17.